The van der Waals surface area contributed by atoms with Crippen LogP contribution in [-0.4, -0.2) is 72.4 Å². The molecule has 2 rings (SSSR count). The summed E-state index contributed by atoms with van der Waals surface area (Å²) >= 11 is 0. The Hall–Kier alpha value is -0.650. The summed E-state index contributed by atoms with van der Waals surface area (Å²) in [5.41, 5.74) is 0. The highest BCUT2D eigenvalue weighted by Crippen LogP contribution is 2.10. The van der Waals surface area contributed by atoms with E-state index in [1.54, 1.807) is 0 Å². The molecule has 2 heterocycles. The molecule has 0 aromatic heterocycles. The average Bonchev–Trinajstić information content (AvgIpc) is 2.64. The van der Waals surface area contributed by atoms with Crippen LogP contribution in [0.1, 0.15) is 13.3 Å². The molecule has 0 radical (unpaired) electrons. The van der Waals surface area contributed by atoms with Crippen molar-refractivity contribution in [3.05, 3.63) is 0 Å². The highest BCUT2D eigenvalue weighted by atomic mass is 16.5. The van der Waals surface area contributed by atoms with Crippen LogP contribution in [0, 0.1) is 0 Å². The van der Waals surface area contributed by atoms with Crippen LogP contribution in [0.4, 0.5) is 0 Å². The number of nitrogens with zero attached hydrogens (tertiary/aromatic N) is 2. The Morgan fingerprint density at radius 2 is 2.25 bits per heavy atom. The smallest absolute Gasteiger partial charge is 0.236 e. The molecule has 16 heavy (non-hydrogen) atoms. The highest BCUT2D eigenvalue weighted by Gasteiger charge is 2.26. The van der Waals surface area contributed by atoms with E-state index in [2.05, 4.69) is 0 Å². The number of ether oxygens (including phenoxy) is 1. The predicted molar refractivity (Wildman–Crippen MR) is 59.1 cm³/mol. The minimum atomic E-state index is -0.253. The van der Waals surface area contributed by atoms with Crippen molar-refractivity contribution in [3.63, 3.8) is 0 Å². The lowest BCUT2D eigenvalue weighted by atomic mass is 10.3. The van der Waals surface area contributed by atoms with Gasteiger partial charge in [-0.1, -0.05) is 0 Å². The number of hydrogen-bond acceptors (Lipinski definition) is 4. The number of carbonyl (C=O) groups excluding carboxylic acids is 1. The lowest BCUT2D eigenvalue weighted by molar-refractivity contribution is -0.139. The largest absolute Gasteiger partial charge is 0.392 e. The molecule has 1 unspecified atom stereocenters. The first-order valence-electron chi connectivity index (χ1n) is 5.95. The molecule has 0 aromatic rings. The molecule has 2 saturated heterocycles. The summed E-state index contributed by atoms with van der Waals surface area (Å²) in [6.07, 6.45) is 0.672. The summed E-state index contributed by atoms with van der Waals surface area (Å²) in [6.45, 7) is 5.89. The van der Waals surface area contributed by atoms with Crippen molar-refractivity contribution < 1.29 is 14.6 Å². The van der Waals surface area contributed by atoms with Crippen LogP contribution in [0.2, 0.25) is 0 Å². The summed E-state index contributed by atoms with van der Waals surface area (Å²) in [7, 11) is 0. The van der Waals surface area contributed by atoms with E-state index in [1.165, 1.54) is 0 Å². The van der Waals surface area contributed by atoms with Gasteiger partial charge < -0.3 is 14.7 Å². The third kappa shape index (κ3) is 2.93. The molecule has 2 aliphatic rings. The molecule has 0 spiro atoms. The van der Waals surface area contributed by atoms with Crippen molar-refractivity contribution in [3.8, 4) is 0 Å². The molecular formula is C11H20N2O3. The highest BCUT2D eigenvalue weighted by molar-refractivity contribution is 5.78. The first-order valence-corrected chi connectivity index (χ1v) is 5.95. The van der Waals surface area contributed by atoms with E-state index in [4.69, 9.17) is 4.74 Å². The lowest BCUT2D eigenvalue weighted by Gasteiger charge is -2.32. The van der Waals surface area contributed by atoms with Gasteiger partial charge >= 0.3 is 0 Å². The van der Waals surface area contributed by atoms with E-state index < -0.39 is 0 Å². The molecule has 1 N–H and O–H groups in total. The summed E-state index contributed by atoms with van der Waals surface area (Å²) in [5.74, 6) is 0.157. The molecule has 2 atom stereocenters. The molecule has 0 saturated carbocycles. The number of likely N-dealkylation sites (tertiary alicyclic amines) is 1. The molecule has 5 heteroatoms. The topological polar surface area (TPSA) is 53.0 Å². The van der Waals surface area contributed by atoms with Crippen LogP contribution in [0.25, 0.3) is 0 Å². The third-order valence-corrected chi connectivity index (χ3v) is 3.20. The summed E-state index contributed by atoms with van der Waals surface area (Å²) < 4.78 is 5.40. The summed E-state index contributed by atoms with van der Waals surface area (Å²) in [6, 6.07) is 0. The van der Waals surface area contributed by atoms with Gasteiger partial charge in [-0.25, -0.2) is 0 Å². The lowest BCUT2D eigenvalue weighted by Crippen LogP contribution is -2.48. The molecular weight excluding hydrogens is 208 g/mol. The number of carbonyl (C=O) groups is 1. The molecule has 2 aliphatic heterocycles. The van der Waals surface area contributed by atoms with E-state index in [0.29, 0.717) is 32.8 Å². The zero-order chi connectivity index (χ0) is 11.5. The fourth-order valence-electron chi connectivity index (χ4n) is 2.29. The van der Waals surface area contributed by atoms with Gasteiger partial charge in [0.1, 0.15) is 0 Å². The molecule has 0 aromatic carbocycles. The van der Waals surface area contributed by atoms with E-state index in [0.717, 1.165) is 13.0 Å². The number of aliphatic hydroxyl groups excluding tert-OH is 1. The Labute approximate surface area is 96.0 Å². The first-order chi connectivity index (χ1) is 7.65. The molecule has 1 amide bonds. The van der Waals surface area contributed by atoms with Gasteiger partial charge in [0.05, 0.1) is 25.4 Å². The van der Waals surface area contributed by atoms with Crippen LogP contribution in [0.3, 0.4) is 0 Å². The summed E-state index contributed by atoms with van der Waals surface area (Å²) in [5, 5.41) is 9.38. The SMILES string of the molecule is CC1CN(C(=O)CN2CC[C@@H](O)C2)CCO1. The van der Waals surface area contributed by atoms with Crippen molar-refractivity contribution in [2.45, 2.75) is 25.6 Å². The van der Waals surface area contributed by atoms with E-state index in [1.807, 2.05) is 16.7 Å². The Morgan fingerprint density at radius 3 is 2.88 bits per heavy atom. The van der Waals surface area contributed by atoms with Crippen molar-refractivity contribution in [2.24, 2.45) is 0 Å². The van der Waals surface area contributed by atoms with Crippen LogP contribution in [0.5, 0.6) is 0 Å². The van der Waals surface area contributed by atoms with E-state index in [-0.39, 0.29) is 18.1 Å². The van der Waals surface area contributed by atoms with Gasteiger partial charge in [0.15, 0.2) is 0 Å². The van der Waals surface area contributed by atoms with Gasteiger partial charge in [0.25, 0.3) is 0 Å². The van der Waals surface area contributed by atoms with Crippen LogP contribution in [0.15, 0.2) is 0 Å². The zero-order valence-electron chi connectivity index (χ0n) is 9.76. The van der Waals surface area contributed by atoms with Gasteiger partial charge in [-0.05, 0) is 13.3 Å². The predicted octanol–water partition coefficient (Wildman–Crippen LogP) is -0.700. The van der Waals surface area contributed by atoms with Gasteiger partial charge in [-0.15, -0.1) is 0 Å². The van der Waals surface area contributed by atoms with Gasteiger partial charge in [0, 0.05) is 26.2 Å². The van der Waals surface area contributed by atoms with Crippen molar-refractivity contribution in [1.82, 2.24) is 9.80 Å². The Balaban J connectivity index is 1.78. The number of aliphatic hydroxyl groups is 1. The number of morpholine rings is 1. The number of amides is 1. The molecule has 5 nitrogen and oxygen atoms in total. The number of rotatable bonds is 2. The minimum absolute atomic E-state index is 0.141. The van der Waals surface area contributed by atoms with Gasteiger partial charge in [-0.2, -0.15) is 0 Å². The van der Waals surface area contributed by atoms with Crippen LogP contribution >= 0.6 is 0 Å². The van der Waals surface area contributed by atoms with Crippen LogP contribution < -0.4 is 0 Å². The molecule has 0 bridgehead atoms. The fourth-order valence-corrected chi connectivity index (χ4v) is 2.29. The maximum absolute atomic E-state index is 12.0. The normalized spacial score (nSPS) is 32.0. The van der Waals surface area contributed by atoms with Gasteiger partial charge in [0.2, 0.25) is 5.91 Å². The molecule has 92 valence electrons. The van der Waals surface area contributed by atoms with Crippen LogP contribution in [-0.2, 0) is 9.53 Å². The standard InChI is InChI=1S/C11H20N2O3/c1-9-6-13(4-5-16-9)11(15)8-12-3-2-10(14)7-12/h9-10,14H,2-8H2,1H3/t9?,10-/m1/s1. The second kappa shape index (κ2) is 5.12. The maximum atomic E-state index is 12.0. The van der Waals surface area contributed by atoms with Crippen molar-refractivity contribution >= 4 is 5.91 Å². The quantitative estimate of drug-likeness (QED) is 0.679. The number of hydrogen-bond donors (Lipinski definition) is 1. The third-order valence-electron chi connectivity index (χ3n) is 3.20. The second-order valence-electron chi connectivity index (χ2n) is 4.70. The average molecular weight is 228 g/mol. The fraction of sp³-hybridized carbons (Fsp3) is 0.909. The Kier molecular flexibility index (Phi) is 3.78. The first kappa shape index (κ1) is 11.8. The van der Waals surface area contributed by atoms with Gasteiger partial charge in [-0.3, -0.25) is 9.69 Å². The monoisotopic (exact) mass is 228 g/mol. The summed E-state index contributed by atoms with van der Waals surface area (Å²) in [4.78, 5) is 15.8. The maximum Gasteiger partial charge on any atom is 0.236 e. The Bertz CT molecular complexity index is 260. The number of β-amino-alcohol motifs (C(OH)–C–C–N with tert-alkyl or cyclic N) is 1. The van der Waals surface area contributed by atoms with E-state index in [9.17, 15) is 9.90 Å². The Morgan fingerprint density at radius 1 is 1.44 bits per heavy atom. The second-order valence-corrected chi connectivity index (χ2v) is 4.70. The van der Waals surface area contributed by atoms with E-state index >= 15 is 0 Å². The zero-order valence-corrected chi connectivity index (χ0v) is 9.76. The minimum Gasteiger partial charge on any atom is -0.392 e. The molecule has 0 aliphatic carbocycles. The molecule has 2 fully saturated rings. The van der Waals surface area contributed by atoms with Crippen molar-refractivity contribution in [2.75, 3.05) is 39.3 Å². The van der Waals surface area contributed by atoms with Crippen molar-refractivity contribution in [1.29, 1.82) is 0 Å².